The Balaban J connectivity index is 2.34. The summed E-state index contributed by atoms with van der Waals surface area (Å²) in [5.74, 6) is 0.568. The smallest absolute Gasteiger partial charge is 0.315 e. The molecule has 1 aromatic carbocycles. The van der Waals surface area contributed by atoms with Gasteiger partial charge in [0.15, 0.2) is 0 Å². The van der Waals surface area contributed by atoms with Crippen molar-refractivity contribution in [3.05, 3.63) is 29.8 Å². The largest absolute Gasteiger partial charge is 0.497 e. The molecule has 0 radical (unpaired) electrons. The zero-order chi connectivity index (χ0) is 17.1. The van der Waals surface area contributed by atoms with Gasteiger partial charge >= 0.3 is 12.0 Å². The number of amides is 2. The average molecular weight is 322 g/mol. The quantitative estimate of drug-likeness (QED) is 0.541. The van der Waals surface area contributed by atoms with E-state index in [-0.39, 0.29) is 18.0 Å². The van der Waals surface area contributed by atoms with Crippen molar-refractivity contribution >= 4 is 12.0 Å². The molecule has 0 saturated heterocycles. The van der Waals surface area contributed by atoms with E-state index in [0.29, 0.717) is 19.4 Å². The van der Waals surface area contributed by atoms with E-state index in [9.17, 15) is 9.59 Å². The van der Waals surface area contributed by atoms with Crippen molar-refractivity contribution in [3.63, 3.8) is 0 Å². The summed E-state index contributed by atoms with van der Waals surface area (Å²) in [6.07, 6.45) is 2.61. The van der Waals surface area contributed by atoms with Crippen molar-refractivity contribution in [1.82, 2.24) is 10.6 Å². The Kier molecular flexibility index (Phi) is 8.57. The molecule has 0 spiro atoms. The number of esters is 1. The number of methoxy groups -OCH3 is 2. The van der Waals surface area contributed by atoms with Gasteiger partial charge < -0.3 is 20.1 Å². The number of urea groups is 1. The number of unbranched alkanes of at least 4 members (excludes halogenated alkanes) is 1. The maximum atomic E-state index is 11.9. The van der Waals surface area contributed by atoms with Crippen LogP contribution in [-0.2, 0) is 9.53 Å². The summed E-state index contributed by atoms with van der Waals surface area (Å²) >= 11 is 0. The van der Waals surface area contributed by atoms with Crippen LogP contribution in [0.15, 0.2) is 24.3 Å². The second-order valence-corrected chi connectivity index (χ2v) is 5.17. The molecule has 0 aliphatic heterocycles. The van der Waals surface area contributed by atoms with Crippen LogP contribution in [0.25, 0.3) is 0 Å². The molecule has 0 aliphatic carbocycles. The van der Waals surface area contributed by atoms with Crippen molar-refractivity contribution in [1.29, 1.82) is 0 Å². The normalized spacial score (nSPS) is 11.4. The highest BCUT2D eigenvalue weighted by molar-refractivity contribution is 5.74. The van der Waals surface area contributed by atoms with E-state index >= 15 is 0 Å². The minimum absolute atomic E-state index is 0.0454. The highest BCUT2D eigenvalue weighted by Crippen LogP contribution is 2.19. The fourth-order valence-electron chi connectivity index (χ4n) is 2.16. The van der Waals surface area contributed by atoms with Crippen LogP contribution in [-0.4, -0.2) is 32.8 Å². The summed E-state index contributed by atoms with van der Waals surface area (Å²) in [7, 11) is 3.00. The zero-order valence-electron chi connectivity index (χ0n) is 14.1. The second kappa shape index (κ2) is 10.5. The second-order valence-electron chi connectivity index (χ2n) is 5.17. The third kappa shape index (κ3) is 7.04. The molecule has 1 rings (SSSR count). The number of hydrogen-bond donors (Lipinski definition) is 2. The molecular formula is C17H26N2O4. The minimum Gasteiger partial charge on any atom is -0.497 e. The summed E-state index contributed by atoms with van der Waals surface area (Å²) in [4.78, 5) is 22.9. The summed E-state index contributed by atoms with van der Waals surface area (Å²) < 4.78 is 9.70. The molecule has 0 fully saturated rings. The number of ether oxygens (including phenoxy) is 2. The van der Waals surface area contributed by atoms with Crippen LogP contribution in [0.5, 0.6) is 5.75 Å². The highest BCUT2D eigenvalue weighted by Gasteiger charge is 2.12. The molecule has 0 heterocycles. The number of nitrogens with one attached hydrogen (secondary N) is 2. The molecule has 2 N–H and O–H groups in total. The van der Waals surface area contributed by atoms with Gasteiger partial charge in [-0.15, -0.1) is 0 Å². The minimum atomic E-state index is -0.222. The molecule has 0 saturated carbocycles. The van der Waals surface area contributed by atoms with E-state index in [1.807, 2.05) is 31.2 Å². The predicted octanol–water partition coefficient (Wildman–Crippen LogP) is 2.79. The van der Waals surface area contributed by atoms with Crippen molar-refractivity contribution < 1.29 is 19.1 Å². The first-order chi connectivity index (χ1) is 11.1. The number of benzene rings is 1. The van der Waals surface area contributed by atoms with Crippen molar-refractivity contribution in [2.24, 2.45) is 0 Å². The number of rotatable bonds is 9. The fraction of sp³-hybridized carbons (Fsp3) is 0.529. The Morgan fingerprint density at radius 2 is 1.83 bits per heavy atom. The van der Waals surface area contributed by atoms with Crippen molar-refractivity contribution in [2.45, 2.75) is 38.6 Å². The summed E-state index contributed by atoms with van der Waals surface area (Å²) in [6, 6.07) is 7.41. The highest BCUT2D eigenvalue weighted by atomic mass is 16.5. The molecule has 1 aromatic rings. The first-order valence-electron chi connectivity index (χ1n) is 7.85. The third-order valence-electron chi connectivity index (χ3n) is 3.55. The Morgan fingerprint density at radius 1 is 1.13 bits per heavy atom. The Bertz CT molecular complexity index is 488. The van der Waals surface area contributed by atoms with Gasteiger partial charge in [-0.1, -0.05) is 19.1 Å². The van der Waals surface area contributed by atoms with Crippen molar-refractivity contribution in [3.8, 4) is 5.75 Å². The van der Waals surface area contributed by atoms with Crippen LogP contribution in [0.1, 0.15) is 44.2 Å². The topological polar surface area (TPSA) is 76.7 Å². The van der Waals surface area contributed by atoms with Crippen molar-refractivity contribution in [2.75, 3.05) is 20.8 Å². The lowest BCUT2D eigenvalue weighted by Gasteiger charge is -2.18. The van der Waals surface area contributed by atoms with Crippen LogP contribution < -0.4 is 15.4 Å². The van der Waals surface area contributed by atoms with Gasteiger partial charge in [0.1, 0.15) is 5.75 Å². The van der Waals surface area contributed by atoms with Gasteiger partial charge in [0.2, 0.25) is 0 Å². The molecule has 0 aliphatic rings. The van der Waals surface area contributed by atoms with E-state index < -0.39 is 0 Å². The maximum absolute atomic E-state index is 11.9. The van der Waals surface area contributed by atoms with Gasteiger partial charge in [0.05, 0.1) is 20.3 Å². The van der Waals surface area contributed by atoms with E-state index in [4.69, 9.17) is 4.74 Å². The third-order valence-corrected chi connectivity index (χ3v) is 3.55. The van der Waals surface area contributed by atoms with Crippen LogP contribution in [0.3, 0.4) is 0 Å². The monoisotopic (exact) mass is 322 g/mol. The fourth-order valence-corrected chi connectivity index (χ4v) is 2.16. The van der Waals surface area contributed by atoms with Crippen LogP contribution in [0.4, 0.5) is 4.79 Å². The molecule has 23 heavy (non-hydrogen) atoms. The number of carbonyl (C=O) groups excluding carboxylic acids is 2. The molecule has 0 aromatic heterocycles. The molecule has 0 bridgehead atoms. The summed E-state index contributed by atoms with van der Waals surface area (Å²) in [6.45, 7) is 2.55. The average Bonchev–Trinajstić information content (AvgIpc) is 2.59. The molecular weight excluding hydrogens is 296 g/mol. The molecule has 1 unspecified atom stereocenters. The molecule has 128 valence electrons. The van der Waals surface area contributed by atoms with Gasteiger partial charge in [-0.2, -0.15) is 0 Å². The first-order valence-corrected chi connectivity index (χ1v) is 7.85. The zero-order valence-corrected chi connectivity index (χ0v) is 14.1. The lowest BCUT2D eigenvalue weighted by molar-refractivity contribution is -0.140. The Morgan fingerprint density at radius 3 is 2.39 bits per heavy atom. The van der Waals surface area contributed by atoms with E-state index in [1.165, 1.54) is 7.11 Å². The predicted molar refractivity (Wildman–Crippen MR) is 88.4 cm³/mol. The number of carbonyl (C=O) groups is 2. The van der Waals surface area contributed by atoms with Gasteiger partial charge in [-0.25, -0.2) is 4.79 Å². The van der Waals surface area contributed by atoms with Gasteiger partial charge in [0, 0.05) is 13.0 Å². The van der Waals surface area contributed by atoms with Crippen LogP contribution in [0, 0.1) is 0 Å². The van der Waals surface area contributed by atoms with Gasteiger partial charge in [-0.3, -0.25) is 4.79 Å². The van der Waals surface area contributed by atoms with Crippen LogP contribution in [0.2, 0.25) is 0 Å². The molecule has 2 amide bonds. The molecule has 6 nitrogen and oxygen atoms in total. The standard InChI is InChI=1S/C17H26N2O4/c1-4-15(13-8-10-14(22-2)11-9-13)19-17(21)18-12-6-5-7-16(20)23-3/h8-11,15H,4-7,12H2,1-3H3,(H2,18,19,21). The molecule has 1 atom stereocenters. The molecule has 6 heteroatoms. The van der Waals surface area contributed by atoms with E-state index in [1.54, 1.807) is 7.11 Å². The van der Waals surface area contributed by atoms with Gasteiger partial charge in [-0.05, 0) is 37.0 Å². The number of hydrogen-bond acceptors (Lipinski definition) is 4. The van der Waals surface area contributed by atoms with E-state index in [0.717, 1.165) is 24.2 Å². The Labute approximate surface area is 137 Å². The summed E-state index contributed by atoms with van der Waals surface area (Å²) in [5, 5.41) is 5.75. The van der Waals surface area contributed by atoms with Gasteiger partial charge in [0.25, 0.3) is 0 Å². The maximum Gasteiger partial charge on any atom is 0.315 e. The SMILES string of the molecule is CCC(NC(=O)NCCCCC(=O)OC)c1ccc(OC)cc1. The lowest BCUT2D eigenvalue weighted by Crippen LogP contribution is -2.38. The Hall–Kier alpha value is -2.24. The van der Waals surface area contributed by atoms with Crippen LogP contribution >= 0.6 is 0 Å². The lowest BCUT2D eigenvalue weighted by atomic mass is 10.0. The van der Waals surface area contributed by atoms with E-state index in [2.05, 4.69) is 15.4 Å². The first kappa shape index (κ1) is 18.8. The summed E-state index contributed by atoms with van der Waals surface area (Å²) in [5.41, 5.74) is 1.04.